The molecule has 1 heterocycles. The molecule has 0 aliphatic carbocycles. The zero-order chi connectivity index (χ0) is 11.1. The van der Waals surface area contributed by atoms with E-state index in [0.717, 1.165) is 31.0 Å². The fourth-order valence-corrected chi connectivity index (χ4v) is 2.52. The number of piperidine rings is 1. The summed E-state index contributed by atoms with van der Waals surface area (Å²) in [5.41, 5.74) is 0. The van der Waals surface area contributed by atoms with Crippen molar-refractivity contribution in [3.8, 4) is 0 Å². The van der Waals surface area contributed by atoms with Gasteiger partial charge in [-0.25, -0.2) is 0 Å². The first-order chi connectivity index (χ1) is 7.22. The van der Waals surface area contributed by atoms with E-state index >= 15 is 0 Å². The molecule has 0 spiro atoms. The molecule has 15 heavy (non-hydrogen) atoms. The number of likely N-dealkylation sites (tertiary alicyclic amines) is 1. The Kier molecular flexibility index (Phi) is 6.86. The molecular formula is C12H24BrNO. The van der Waals surface area contributed by atoms with Gasteiger partial charge in [0.1, 0.15) is 0 Å². The highest BCUT2D eigenvalue weighted by Crippen LogP contribution is 2.17. The molecule has 1 aliphatic heterocycles. The van der Waals surface area contributed by atoms with Crippen molar-refractivity contribution in [3.05, 3.63) is 0 Å². The summed E-state index contributed by atoms with van der Waals surface area (Å²) in [5.74, 6) is 1.51. The summed E-state index contributed by atoms with van der Waals surface area (Å²) in [6.07, 6.45) is 2.73. The van der Waals surface area contributed by atoms with Crippen LogP contribution >= 0.6 is 15.9 Å². The van der Waals surface area contributed by atoms with Crippen LogP contribution in [0, 0.1) is 11.8 Å². The summed E-state index contributed by atoms with van der Waals surface area (Å²) in [5, 5.41) is 1.15. The summed E-state index contributed by atoms with van der Waals surface area (Å²) in [6.45, 7) is 9.80. The molecule has 1 fully saturated rings. The molecule has 2 nitrogen and oxygen atoms in total. The molecule has 1 aliphatic rings. The van der Waals surface area contributed by atoms with E-state index in [9.17, 15) is 0 Å². The Balaban J connectivity index is 2.05. The van der Waals surface area contributed by atoms with E-state index in [1.165, 1.54) is 25.9 Å². The molecule has 1 atom stereocenters. The summed E-state index contributed by atoms with van der Waals surface area (Å²) < 4.78 is 5.61. The van der Waals surface area contributed by atoms with Gasteiger partial charge in [0, 0.05) is 25.0 Å². The highest BCUT2D eigenvalue weighted by Gasteiger charge is 2.18. The van der Waals surface area contributed by atoms with E-state index < -0.39 is 0 Å². The molecule has 1 rings (SSSR count). The molecule has 0 radical (unpaired) electrons. The first-order valence-electron chi connectivity index (χ1n) is 6.08. The maximum atomic E-state index is 5.61. The van der Waals surface area contributed by atoms with Gasteiger partial charge >= 0.3 is 0 Å². The van der Waals surface area contributed by atoms with E-state index in [0.29, 0.717) is 5.92 Å². The molecular weight excluding hydrogens is 254 g/mol. The lowest BCUT2D eigenvalue weighted by Crippen LogP contribution is -2.38. The van der Waals surface area contributed by atoms with Crippen LogP contribution in [0.1, 0.15) is 26.7 Å². The van der Waals surface area contributed by atoms with Gasteiger partial charge in [0.25, 0.3) is 0 Å². The van der Waals surface area contributed by atoms with Crippen LogP contribution in [0.3, 0.4) is 0 Å². The van der Waals surface area contributed by atoms with E-state index in [1.807, 2.05) is 0 Å². The molecule has 0 aromatic rings. The normalized spacial score (nSPS) is 23.6. The summed E-state index contributed by atoms with van der Waals surface area (Å²) in [6, 6.07) is 0. The third-order valence-electron chi connectivity index (χ3n) is 2.82. The Morgan fingerprint density at radius 1 is 1.47 bits per heavy atom. The molecule has 0 N–H and O–H groups in total. The topological polar surface area (TPSA) is 12.5 Å². The van der Waals surface area contributed by atoms with Gasteiger partial charge in [-0.1, -0.05) is 29.8 Å². The predicted molar refractivity (Wildman–Crippen MR) is 68.6 cm³/mol. The Morgan fingerprint density at radius 3 is 2.93 bits per heavy atom. The average molecular weight is 278 g/mol. The third-order valence-corrected chi connectivity index (χ3v) is 3.74. The largest absolute Gasteiger partial charge is 0.380 e. The number of nitrogens with zero attached hydrogens (tertiary/aromatic N) is 1. The molecule has 0 amide bonds. The minimum atomic E-state index is 0.654. The van der Waals surface area contributed by atoms with Gasteiger partial charge < -0.3 is 9.64 Å². The smallest absolute Gasteiger partial charge is 0.0593 e. The first-order valence-corrected chi connectivity index (χ1v) is 7.20. The maximum Gasteiger partial charge on any atom is 0.0593 e. The van der Waals surface area contributed by atoms with Crippen LogP contribution in [0.5, 0.6) is 0 Å². The van der Waals surface area contributed by atoms with Crippen molar-refractivity contribution in [2.45, 2.75) is 26.7 Å². The van der Waals surface area contributed by atoms with Crippen molar-refractivity contribution in [2.75, 3.05) is 38.2 Å². The SMILES string of the molecule is CC(C)COCCN1CCCC(CBr)C1. The van der Waals surface area contributed by atoms with Crippen LogP contribution in [0.15, 0.2) is 0 Å². The minimum Gasteiger partial charge on any atom is -0.380 e. The molecule has 3 heteroatoms. The van der Waals surface area contributed by atoms with Gasteiger partial charge in [-0.05, 0) is 31.2 Å². The van der Waals surface area contributed by atoms with Crippen LogP contribution in [-0.4, -0.2) is 43.1 Å². The molecule has 90 valence electrons. The Bertz CT molecular complexity index is 164. The highest BCUT2D eigenvalue weighted by atomic mass is 79.9. The molecule has 1 saturated heterocycles. The van der Waals surface area contributed by atoms with Crippen molar-refractivity contribution < 1.29 is 4.74 Å². The third kappa shape index (κ3) is 5.88. The zero-order valence-corrected chi connectivity index (χ0v) is 11.6. The average Bonchev–Trinajstić information content (AvgIpc) is 2.24. The van der Waals surface area contributed by atoms with Gasteiger partial charge in [-0.3, -0.25) is 0 Å². The Labute approximate surface area is 102 Å². The van der Waals surface area contributed by atoms with Gasteiger partial charge in [0.2, 0.25) is 0 Å². The van der Waals surface area contributed by atoms with Crippen molar-refractivity contribution in [3.63, 3.8) is 0 Å². The van der Waals surface area contributed by atoms with Gasteiger partial charge in [0.05, 0.1) is 6.61 Å². The monoisotopic (exact) mass is 277 g/mol. The van der Waals surface area contributed by atoms with E-state index in [-0.39, 0.29) is 0 Å². The van der Waals surface area contributed by atoms with Crippen molar-refractivity contribution in [1.82, 2.24) is 4.90 Å². The quantitative estimate of drug-likeness (QED) is 0.547. The van der Waals surface area contributed by atoms with Gasteiger partial charge in [0.15, 0.2) is 0 Å². The lowest BCUT2D eigenvalue weighted by Gasteiger charge is -2.31. The number of hydrogen-bond donors (Lipinski definition) is 0. The van der Waals surface area contributed by atoms with Crippen LogP contribution < -0.4 is 0 Å². The molecule has 0 aromatic heterocycles. The van der Waals surface area contributed by atoms with Crippen LogP contribution in [0.25, 0.3) is 0 Å². The Morgan fingerprint density at radius 2 is 2.27 bits per heavy atom. The number of rotatable bonds is 6. The maximum absolute atomic E-state index is 5.61. The van der Waals surface area contributed by atoms with Gasteiger partial charge in [-0.15, -0.1) is 0 Å². The van der Waals surface area contributed by atoms with Gasteiger partial charge in [-0.2, -0.15) is 0 Å². The molecule has 1 unspecified atom stereocenters. The van der Waals surface area contributed by atoms with E-state index in [1.54, 1.807) is 0 Å². The first kappa shape index (κ1) is 13.5. The summed E-state index contributed by atoms with van der Waals surface area (Å²) >= 11 is 3.58. The van der Waals surface area contributed by atoms with Crippen LogP contribution in [-0.2, 0) is 4.74 Å². The van der Waals surface area contributed by atoms with Crippen molar-refractivity contribution >= 4 is 15.9 Å². The summed E-state index contributed by atoms with van der Waals surface area (Å²) in [7, 11) is 0. The predicted octanol–water partition coefficient (Wildman–Crippen LogP) is 2.77. The second kappa shape index (κ2) is 7.64. The fourth-order valence-electron chi connectivity index (χ4n) is 1.99. The number of ether oxygens (including phenoxy) is 1. The van der Waals surface area contributed by atoms with Crippen molar-refractivity contribution in [2.24, 2.45) is 11.8 Å². The fraction of sp³-hybridized carbons (Fsp3) is 1.00. The zero-order valence-electron chi connectivity index (χ0n) is 10.0. The number of halogens is 1. The second-order valence-electron chi connectivity index (χ2n) is 4.93. The number of alkyl halides is 1. The lowest BCUT2D eigenvalue weighted by molar-refractivity contribution is 0.0733. The Hall–Kier alpha value is 0.400. The van der Waals surface area contributed by atoms with E-state index in [4.69, 9.17) is 4.74 Å². The number of hydrogen-bond acceptors (Lipinski definition) is 2. The highest BCUT2D eigenvalue weighted by molar-refractivity contribution is 9.09. The van der Waals surface area contributed by atoms with Crippen LogP contribution in [0.4, 0.5) is 0 Å². The molecule has 0 aromatic carbocycles. The van der Waals surface area contributed by atoms with Crippen LogP contribution in [0.2, 0.25) is 0 Å². The summed E-state index contributed by atoms with van der Waals surface area (Å²) in [4.78, 5) is 2.54. The molecule has 0 bridgehead atoms. The van der Waals surface area contributed by atoms with Crippen molar-refractivity contribution in [1.29, 1.82) is 0 Å². The second-order valence-corrected chi connectivity index (χ2v) is 5.58. The molecule has 0 saturated carbocycles. The standard InChI is InChI=1S/C12H24BrNO/c1-11(2)10-15-7-6-14-5-3-4-12(8-13)9-14/h11-12H,3-10H2,1-2H3. The minimum absolute atomic E-state index is 0.654. The van der Waals surface area contributed by atoms with E-state index in [2.05, 4.69) is 34.7 Å². The lowest BCUT2D eigenvalue weighted by atomic mass is 10.0.